The van der Waals surface area contributed by atoms with E-state index in [-0.39, 0.29) is 5.69 Å². The first-order chi connectivity index (χ1) is 13.3. The number of carbonyl (C=O) groups excluding carboxylic acids is 2. The molecule has 7 nitrogen and oxygen atoms in total. The highest BCUT2D eigenvalue weighted by Gasteiger charge is 2.51. The van der Waals surface area contributed by atoms with Crippen molar-refractivity contribution in [1.82, 2.24) is 4.57 Å². The van der Waals surface area contributed by atoms with Gasteiger partial charge in [0.15, 0.2) is 0 Å². The van der Waals surface area contributed by atoms with Crippen molar-refractivity contribution in [1.29, 1.82) is 0 Å². The van der Waals surface area contributed by atoms with Gasteiger partial charge < -0.3 is 18.8 Å². The molecule has 0 saturated carbocycles. The topological polar surface area (TPSA) is 76.0 Å². The number of rotatable bonds is 2. The summed E-state index contributed by atoms with van der Waals surface area (Å²) in [6.07, 6.45) is -0.654. The summed E-state index contributed by atoms with van der Waals surface area (Å²) < 4.78 is 23.8. The van der Waals surface area contributed by atoms with E-state index in [1.54, 1.807) is 32.9 Å². The fourth-order valence-electron chi connectivity index (χ4n) is 3.10. The average molecular weight is 401 g/mol. The molecule has 1 fully saturated rings. The third-order valence-corrected chi connectivity index (χ3v) is 5.32. The molecule has 2 aromatic rings. The quantitative estimate of drug-likeness (QED) is 0.566. The highest BCUT2D eigenvalue weighted by Crippen LogP contribution is 2.36. The molecule has 29 heavy (non-hydrogen) atoms. The molecule has 0 N–H and O–H groups in total. The SMILES string of the molecule is COC(=O)c1cc2ccc(B3OC(C)(C)C(C)(C)O3)cc2n1C(=O)OC(C)(C)C. The summed E-state index contributed by atoms with van der Waals surface area (Å²) in [5, 5.41) is 0.705. The van der Waals surface area contributed by atoms with E-state index in [0.717, 1.165) is 5.46 Å². The summed E-state index contributed by atoms with van der Waals surface area (Å²) in [4.78, 5) is 25.2. The van der Waals surface area contributed by atoms with Gasteiger partial charge in [-0.15, -0.1) is 0 Å². The van der Waals surface area contributed by atoms with E-state index < -0.39 is 36.0 Å². The lowest BCUT2D eigenvalue weighted by molar-refractivity contribution is 0.00578. The van der Waals surface area contributed by atoms with Gasteiger partial charge in [-0.25, -0.2) is 14.2 Å². The normalized spacial score (nSPS) is 18.1. The minimum absolute atomic E-state index is 0.0998. The van der Waals surface area contributed by atoms with Gasteiger partial charge in [-0.05, 0) is 66.1 Å². The molecule has 1 aromatic heterocycles. The van der Waals surface area contributed by atoms with Gasteiger partial charge in [0.2, 0.25) is 0 Å². The third-order valence-electron chi connectivity index (χ3n) is 5.32. The second kappa shape index (κ2) is 6.88. The first-order valence-corrected chi connectivity index (χ1v) is 9.58. The van der Waals surface area contributed by atoms with Gasteiger partial charge >= 0.3 is 19.2 Å². The largest absolute Gasteiger partial charge is 0.494 e. The molecular formula is C21H28BNO6. The van der Waals surface area contributed by atoms with Gasteiger partial charge in [-0.1, -0.05) is 12.1 Å². The summed E-state index contributed by atoms with van der Waals surface area (Å²) in [6, 6.07) is 7.08. The fraction of sp³-hybridized carbons (Fsp3) is 0.524. The Kier molecular flexibility index (Phi) is 5.08. The highest BCUT2D eigenvalue weighted by molar-refractivity contribution is 6.62. The number of hydrogen-bond acceptors (Lipinski definition) is 6. The molecule has 1 aliphatic rings. The van der Waals surface area contributed by atoms with Crippen LogP contribution in [0.4, 0.5) is 4.79 Å². The summed E-state index contributed by atoms with van der Waals surface area (Å²) in [6.45, 7) is 13.2. The van der Waals surface area contributed by atoms with Crippen molar-refractivity contribution >= 4 is 35.5 Å². The first-order valence-electron chi connectivity index (χ1n) is 9.58. The molecule has 3 rings (SSSR count). The number of fused-ring (bicyclic) bond motifs is 1. The van der Waals surface area contributed by atoms with Crippen LogP contribution in [0.25, 0.3) is 10.9 Å². The lowest BCUT2D eigenvalue weighted by Crippen LogP contribution is -2.41. The van der Waals surface area contributed by atoms with E-state index in [2.05, 4.69) is 0 Å². The Bertz CT molecular complexity index is 953. The summed E-state index contributed by atoms with van der Waals surface area (Å²) in [5.41, 5.74) is -0.330. The number of carbonyl (C=O) groups is 2. The molecule has 1 aromatic carbocycles. The molecule has 1 aliphatic heterocycles. The zero-order valence-corrected chi connectivity index (χ0v) is 18.3. The third kappa shape index (κ3) is 3.91. The van der Waals surface area contributed by atoms with Crippen LogP contribution in [0.1, 0.15) is 59.0 Å². The van der Waals surface area contributed by atoms with Crippen LogP contribution in [-0.2, 0) is 18.8 Å². The Labute approximate surface area is 171 Å². The van der Waals surface area contributed by atoms with Gasteiger partial charge in [0.05, 0.1) is 23.8 Å². The van der Waals surface area contributed by atoms with Crippen molar-refractivity contribution in [3.63, 3.8) is 0 Å². The highest BCUT2D eigenvalue weighted by atomic mass is 16.7. The summed E-state index contributed by atoms with van der Waals surface area (Å²) >= 11 is 0. The van der Waals surface area contributed by atoms with E-state index in [1.807, 2.05) is 39.8 Å². The van der Waals surface area contributed by atoms with Gasteiger partial charge in [0.1, 0.15) is 11.3 Å². The first kappa shape index (κ1) is 21.4. The van der Waals surface area contributed by atoms with Gasteiger partial charge in [-0.2, -0.15) is 0 Å². The van der Waals surface area contributed by atoms with Crippen LogP contribution in [0.2, 0.25) is 0 Å². The number of benzene rings is 1. The van der Waals surface area contributed by atoms with Crippen molar-refractivity contribution in [2.45, 2.75) is 65.3 Å². The second-order valence-corrected chi connectivity index (χ2v) is 9.24. The fourth-order valence-corrected chi connectivity index (χ4v) is 3.10. The zero-order valence-electron chi connectivity index (χ0n) is 18.3. The maximum absolute atomic E-state index is 12.9. The Morgan fingerprint density at radius 2 is 1.62 bits per heavy atom. The van der Waals surface area contributed by atoms with E-state index in [9.17, 15) is 9.59 Å². The molecule has 0 bridgehead atoms. The standard InChI is InChI=1S/C21H28BNO6/c1-19(2,3)27-18(25)23-15-12-14(22-28-20(4,5)21(6,7)29-22)10-9-13(15)11-16(23)17(24)26-8/h9-12H,1-8H3. The van der Waals surface area contributed by atoms with Crippen molar-refractivity contribution in [2.75, 3.05) is 7.11 Å². The van der Waals surface area contributed by atoms with Crippen LogP contribution in [0.3, 0.4) is 0 Å². The number of esters is 1. The molecule has 156 valence electrons. The zero-order chi connectivity index (χ0) is 21.8. The minimum atomic E-state index is -0.718. The number of ether oxygens (including phenoxy) is 2. The monoisotopic (exact) mass is 401 g/mol. The molecule has 8 heteroatoms. The predicted molar refractivity (Wildman–Crippen MR) is 111 cm³/mol. The van der Waals surface area contributed by atoms with Crippen LogP contribution in [-0.4, -0.2) is 47.7 Å². The minimum Gasteiger partial charge on any atom is -0.464 e. The van der Waals surface area contributed by atoms with Crippen LogP contribution in [0.15, 0.2) is 24.3 Å². The molecule has 1 saturated heterocycles. The van der Waals surface area contributed by atoms with Crippen LogP contribution >= 0.6 is 0 Å². The maximum atomic E-state index is 12.9. The van der Waals surface area contributed by atoms with Crippen LogP contribution in [0.5, 0.6) is 0 Å². The lowest BCUT2D eigenvalue weighted by atomic mass is 9.79. The van der Waals surface area contributed by atoms with Crippen LogP contribution < -0.4 is 5.46 Å². The maximum Gasteiger partial charge on any atom is 0.494 e. The Balaban J connectivity index is 2.11. The number of aromatic nitrogens is 1. The predicted octanol–water partition coefficient (Wildman–Crippen LogP) is 3.51. The number of methoxy groups -OCH3 is 1. The lowest BCUT2D eigenvalue weighted by Gasteiger charge is -2.32. The van der Waals surface area contributed by atoms with Gasteiger partial charge in [0.25, 0.3) is 0 Å². The Hall–Kier alpha value is -2.32. The molecular weight excluding hydrogens is 373 g/mol. The molecule has 0 aliphatic carbocycles. The molecule has 0 radical (unpaired) electrons. The number of nitrogens with zero attached hydrogens (tertiary/aromatic N) is 1. The summed E-state index contributed by atoms with van der Waals surface area (Å²) in [5.74, 6) is -0.621. The average Bonchev–Trinajstić information content (AvgIpc) is 3.06. The van der Waals surface area contributed by atoms with Crippen LogP contribution in [0, 0.1) is 0 Å². The molecule has 0 unspecified atom stereocenters. The van der Waals surface area contributed by atoms with Gasteiger partial charge in [0, 0.05) is 5.39 Å². The Morgan fingerprint density at radius 3 is 2.14 bits per heavy atom. The van der Waals surface area contributed by atoms with E-state index in [4.69, 9.17) is 18.8 Å². The molecule has 0 amide bonds. The molecule has 2 heterocycles. The van der Waals surface area contributed by atoms with Crippen molar-refractivity contribution in [2.24, 2.45) is 0 Å². The number of hydrogen-bond donors (Lipinski definition) is 0. The van der Waals surface area contributed by atoms with E-state index in [0.29, 0.717) is 10.9 Å². The van der Waals surface area contributed by atoms with Crippen molar-refractivity contribution < 1.29 is 28.4 Å². The smallest absolute Gasteiger partial charge is 0.464 e. The Morgan fingerprint density at radius 1 is 1.03 bits per heavy atom. The van der Waals surface area contributed by atoms with Gasteiger partial charge in [-0.3, -0.25) is 0 Å². The molecule has 0 spiro atoms. The summed E-state index contributed by atoms with van der Waals surface area (Å²) in [7, 11) is 0.683. The second-order valence-electron chi connectivity index (χ2n) is 9.24. The van der Waals surface area contributed by atoms with E-state index >= 15 is 0 Å². The van der Waals surface area contributed by atoms with E-state index in [1.165, 1.54) is 11.7 Å². The van der Waals surface area contributed by atoms with Crippen molar-refractivity contribution in [3.8, 4) is 0 Å². The van der Waals surface area contributed by atoms with Crippen molar-refractivity contribution in [3.05, 3.63) is 30.0 Å². The molecule has 0 atom stereocenters.